The van der Waals surface area contributed by atoms with E-state index in [1.165, 1.54) is 18.2 Å². The van der Waals surface area contributed by atoms with E-state index in [9.17, 15) is 9.59 Å². The van der Waals surface area contributed by atoms with Gasteiger partial charge in [-0.3, -0.25) is 4.79 Å². The van der Waals surface area contributed by atoms with Crippen LogP contribution in [0.5, 0.6) is 0 Å². The third-order valence-corrected chi connectivity index (χ3v) is 2.02. The van der Waals surface area contributed by atoms with Crippen molar-refractivity contribution in [2.45, 2.75) is 0 Å². The summed E-state index contributed by atoms with van der Waals surface area (Å²) >= 11 is 5.66. The molecule has 0 saturated carbocycles. The summed E-state index contributed by atoms with van der Waals surface area (Å²) in [6, 6.07) is 4.36. The van der Waals surface area contributed by atoms with Gasteiger partial charge in [0.25, 0.3) is 5.56 Å². The molecule has 1 aromatic carbocycles. The summed E-state index contributed by atoms with van der Waals surface area (Å²) in [5, 5.41) is 0.603. The van der Waals surface area contributed by atoms with Crippen LogP contribution >= 0.6 is 11.6 Å². The standard InChI is InChI=1S/C8H5ClN2O3/c9-4-1-2-5-6(3-4)14-8(13)11(10)7(5)12/h1-3H,10H2. The SMILES string of the molecule is Nn1c(=O)oc2cc(Cl)ccc2c1=O. The number of nitrogens with zero attached hydrogens (tertiary/aromatic N) is 1. The Morgan fingerprint density at radius 3 is 2.79 bits per heavy atom. The molecular weight excluding hydrogens is 208 g/mol. The highest BCUT2D eigenvalue weighted by Gasteiger charge is 2.06. The van der Waals surface area contributed by atoms with Gasteiger partial charge < -0.3 is 10.3 Å². The highest BCUT2D eigenvalue weighted by Crippen LogP contribution is 2.14. The van der Waals surface area contributed by atoms with E-state index in [0.29, 0.717) is 9.70 Å². The molecule has 0 bridgehead atoms. The zero-order valence-corrected chi connectivity index (χ0v) is 7.62. The van der Waals surface area contributed by atoms with E-state index in [4.69, 9.17) is 21.9 Å². The van der Waals surface area contributed by atoms with Crippen molar-refractivity contribution < 1.29 is 4.42 Å². The van der Waals surface area contributed by atoms with Gasteiger partial charge in [-0.15, -0.1) is 0 Å². The van der Waals surface area contributed by atoms with E-state index in [0.717, 1.165) is 0 Å². The van der Waals surface area contributed by atoms with Gasteiger partial charge in [0.05, 0.1) is 5.39 Å². The molecule has 0 amide bonds. The van der Waals surface area contributed by atoms with Crippen molar-refractivity contribution in [2.24, 2.45) is 0 Å². The Bertz CT molecular complexity index is 614. The average molecular weight is 213 g/mol. The summed E-state index contributed by atoms with van der Waals surface area (Å²) in [6.07, 6.45) is 0. The molecule has 14 heavy (non-hydrogen) atoms. The third-order valence-electron chi connectivity index (χ3n) is 1.79. The Morgan fingerprint density at radius 2 is 2.07 bits per heavy atom. The zero-order valence-electron chi connectivity index (χ0n) is 6.86. The Morgan fingerprint density at radius 1 is 1.36 bits per heavy atom. The van der Waals surface area contributed by atoms with Crippen molar-refractivity contribution >= 4 is 22.6 Å². The lowest BCUT2D eigenvalue weighted by Gasteiger charge is -1.98. The van der Waals surface area contributed by atoms with E-state index in [1.54, 1.807) is 0 Å². The minimum atomic E-state index is -0.912. The molecule has 2 N–H and O–H groups in total. The fraction of sp³-hybridized carbons (Fsp3) is 0. The number of nitrogen functional groups attached to an aromatic ring is 1. The van der Waals surface area contributed by atoms with Gasteiger partial charge in [-0.1, -0.05) is 11.6 Å². The van der Waals surface area contributed by atoms with E-state index in [1.807, 2.05) is 0 Å². The quantitative estimate of drug-likeness (QED) is 0.638. The number of aromatic nitrogens is 1. The topological polar surface area (TPSA) is 78.2 Å². The molecule has 1 aromatic heterocycles. The first-order valence-electron chi connectivity index (χ1n) is 3.70. The van der Waals surface area contributed by atoms with Gasteiger partial charge in [0.2, 0.25) is 0 Å². The van der Waals surface area contributed by atoms with E-state index < -0.39 is 11.3 Å². The summed E-state index contributed by atoms with van der Waals surface area (Å²) in [7, 11) is 0. The molecule has 0 atom stereocenters. The van der Waals surface area contributed by atoms with Crippen LogP contribution in [0.3, 0.4) is 0 Å². The van der Waals surface area contributed by atoms with Crippen LogP contribution in [0.2, 0.25) is 5.02 Å². The predicted octanol–water partition coefficient (Wildman–Crippen LogP) is 0.322. The maximum atomic E-state index is 11.4. The Balaban J connectivity index is 3.06. The number of benzene rings is 1. The first kappa shape index (κ1) is 8.83. The van der Waals surface area contributed by atoms with E-state index in [2.05, 4.69) is 0 Å². The number of hydrogen-bond donors (Lipinski definition) is 1. The summed E-state index contributed by atoms with van der Waals surface area (Å²) in [5.74, 6) is 4.24. The van der Waals surface area contributed by atoms with Crippen molar-refractivity contribution in [2.75, 3.05) is 5.84 Å². The molecule has 2 aromatic rings. The summed E-state index contributed by atoms with van der Waals surface area (Å²) < 4.78 is 5.16. The Labute approximate surface area is 82.3 Å². The summed E-state index contributed by atoms with van der Waals surface area (Å²) in [4.78, 5) is 22.4. The number of rotatable bonds is 0. The van der Waals surface area contributed by atoms with E-state index in [-0.39, 0.29) is 11.0 Å². The first-order valence-corrected chi connectivity index (χ1v) is 4.08. The highest BCUT2D eigenvalue weighted by molar-refractivity contribution is 6.31. The molecular formula is C8H5ClN2O3. The average Bonchev–Trinajstić information content (AvgIpc) is 2.14. The molecule has 0 saturated heterocycles. The molecule has 0 fully saturated rings. The van der Waals surface area contributed by atoms with E-state index >= 15 is 0 Å². The summed E-state index contributed by atoms with van der Waals surface area (Å²) in [5.41, 5.74) is -0.470. The van der Waals surface area contributed by atoms with Gasteiger partial charge in [-0.05, 0) is 12.1 Å². The number of hydrogen-bond acceptors (Lipinski definition) is 4. The van der Waals surface area contributed by atoms with Crippen LogP contribution in [-0.2, 0) is 0 Å². The van der Waals surface area contributed by atoms with Crippen molar-refractivity contribution in [3.05, 3.63) is 44.1 Å². The van der Waals surface area contributed by atoms with Crippen LogP contribution in [0, 0.1) is 0 Å². The maximum absolute atomic E-state index is 11.4. The van der Waals surface area contributed by atoms with Crippen LogP contribution in [-0.4, -0.2) is 4.68 Å². The smallest absolute Gasteiger partial charge is 0.408 e. The molecule has 0 unspecified atom stereocenters. The second kappa shape index (κ2) is 2.88. The fourth-order valence-corrected chi connectivity index (χ4v) is 1.28. The van der Waals surface area contributed by atoms with Gasteiger partial charge in [0.15, 0.2) is 0 Å². The molecule has 0 spiro atoms. The molecule has 0 aliphatic rings. The zero-order chi connectivity index (χ0) is 10.3. The molecule has 0 aliphatic carbocycles. The monoisotopic (exact) mass is 212 g/mol. The lowest BCUT2D eigenvalue weighted by Crippen LogP contribution is -2.38. The minimum Gasteiger partial charge on any atom is -0.408 e. The molecule has 1 heterocycles. The minimum absolute atomic E-state index is 0.134. The number of halogens is 1. The van der Waals surface area contributed by atoms with Crippen LogP contribution in [0.4, 0.5) is 0 Å². The largest absolute Gasteiger partial charge is 0.441 e. The highest BCUT2D eigenvalue weighted by atomic mass is 35.5. The number of nitrogens with two attached hydrogens (primary N) is 1. The molecule has 2 rings (SSSR count). The molecule has 0 aliphatic heterocycles. The van der Waals surface area contributed by atoms with Crippen molar-refractivity contribution in [1.82, 2.24) is 4.68 Å². The fourth-order valence-electron chi connectivity index (χ4n) is 1.11. The summed E-state index contributed by atoms with van der Waals surface area (Å²) in [6.45, 7) is 0. The van der Waals surface area contributed by atoms with Gasteiger partial charge in [-0.2, -0.15) is 4.68 Å². The second-order valence-corrected chi connectivity index (χ2v) is 3.12. The van der Waals surface area contributed by atoms with Gasteiger partial charge in [-0.25, -0.2) is 4.79 Å². The van der Waals surface area contributed by atoms with Crippen LogP contribution in [0.15, 0.2) is 32.2 Å². The maximum Gasteiger partial charge on any atom is 0.441 e. The normalized spacial score (nSPS) is 10.6. The van der Waals surface area contributed by atoms with Crippen LogP contribution in [0.25, 0.3) is 11.0 Å². The lowest BCUT2D eigenvalue weighted by atomic mass is 10.2. The van der Waals surface area contributed by atoms with Gasteiger partial charge in [0.1, 0.15) is 5.58 Å². The van der Waals surface area contributed by atoms with Gasteiger partial charge >= 0.3 is 5.76 Å². The van der Waals surface area contributed by atoms with Crippen molar-refractivity contribution in [3.8, 4) is 0 Å². The Kier molecular flexibility index (Phi) is 1.82. The van der Waals surface area contributed by atoms with Gasteiger partial charge in [0, 0.05) is 11.1 Å². The second-order valence-electron chi connectivity index (χ2n) is 2.68. The first-order chi connectivity index (χ1) is 6.59. The van der Waals surface area contributed by atoms with Crippen LogP contribution in [0.1, 0.15) is 0 Å². The molecule has 5 nitrogen and oxygen atoms in total. The predicted molar refractivity (Wildman–Crippen MR) is 51.9 cm³/mol. The Hall–Kier alpha value is -1.75. The van der Waals surface area contributed by atoms with Crippen molar-refractivity contribution in [3.63, 3.8) is 0 Å². The molecule has 6 heteroatoms. The van der Waals surface area contributed by atoms with Crippen LogP contribution < -0.4 is 17.2 Å². The molecule has 0 radical (unpaired) electrons. The molecule has 72 valence electrons. The lowest BCUT2D eigenvalue weighted by molar-refractivity contribution is 0.495. The number of fused-ring (bicyclic) bond motifs is 1. The third kappa shape index (κ3) is 1.18. The van der Waals surface area contributed by atoms with Crippen molar-refractivity contribution in [1.29, 1.82) is 0 Å².